The highest BCUT2D eigenvalue weighted by Gasteiger charge is 2.09. The lowest BCUT2D eigenvalue weighted by atomic mass is 10.1. The average molecular weight is 264 g/mol. The third kappa shape index (κ3) is 1.99. The zero-order chi connectivity index (χ0) is 10.8. The number of anilines is 1. The van der Waals surface area contributed by atoms with Gasteiger partial charge in [0.1, 0.15) is 11.6 Å². The molecule has 0 saturated heterocycles. The number of nitrogens with zero attached hydrogens (tertiary/aromatic N) is 2. The summed E-state index contributed by atoms with van der Waals surface area (Å²) in [6, 6.07) is 9.89. The Hall–Kier alpha value is -1.42. The Labute approximate surface area is 96.5 Å². The maximum atomic E-state index is 5.76. The molecule has 0 aliphatic heterocycles. The van der Waals surface area contributed by atoms with Crippen molar-refractivity contribution < 1.29 is 0 Å². The highest BCUT2D eigenvalue weighted by molar-refractivity contribution is 9.10. The molecule has 0 aliphatic carbocycles. The molecular formula is C11H10BrN3. The van der Waals surface area contributed by atoms with Gasteiger partial charge in [-0.1, -0.05) is 30.3 Å². The summed E-state index contributed by atoms with van der Waals surface area (Å²) in [7, 11) is 0. The number of hydrogen-bond donors (Lipinski definition) is 1. The third-order valence-electron chi connectivity index (χ3n) is 2.04. The fraction of sp³-hybridized carbons (Fsp3) is 0.0909. The third-order valence-corrected chi connectivity index (χ3v) is 2.82. The van der Waals surface area contributed by atoms with Crippen molar-refractivity contribution in [3.8, 4) is 11.3 Å². The smallest absolute Gasteiger partial charge is 0.142 e. The minimum absolute atomic E-state index is 0.473. The second-order valence-corrected chi connectivity index (χ2v) is 3.98. The molecule has 4 heteroatoms. The van der Waals surface area contributed by atoms with Crippen molar-refractivity contribution in [2.24, 2.45) is 0 Å². The molecule has 2 rings (SSSR count). The van der Waals surface area contributed by atoms with Crippen LogP contribution in [0, 0.1) is 6.92 Å². The monoisotopic (exact) mass is 263 g/mol. The number of halogens is 1. The van der Waals surface area contributed by atoms with Crippen LogP contribution in [-0.4, -0.2) is 9.97 Å². The summed E-state index contributed by atoms with van der Waals surface area (Å²) in [4.78, 5) is 8.44. The predicted octanol–water partition coefficient (Wildman–Crippen LogP) is 2.80. The molecule has 1 aromatic heterocycles. The van der Waals surface area contributed by atoms with Gasteiger partial charge >= 0.3 is 0 Å². The number of aromatic nitrogens is 2. The van der Waals surface area contributed by atoms with E-state index < -0.39 is 0 Å². The second kappa shape index (κ2) is 3.98. The van der Waals surface area contributed by atoms with Gasteiger partial charge in [-0.05, 0) is 22.9 Å². The quantitative estimate of drug-likeness (QED) is 0.861. The van der Waals surface area contributed by atoms with E-state index >= 15 is 0 Å². The van der Waals surface area contributed by atoms with Gasteiger partial charge in [0, 0.05) is 5.56 Å². The first-order valence-corrected chi connectivity index (χ1v) is 5.33. The normalized spacial score (nSPS) is 10.3. The van der Waals surface area contributed by atoms with Gasteiger partial charge in [-0.3, -0.25) is 0 Å². The molecule has 76 valence electrons. The van der Waals surface area contributed by atoms with E-state index in [9.17, 15) is 0 Å². The van der Waals surface area contributed by atoms with Crippen LogP contribution in [0.3, 0.4) is 0 Å². The Morgan fingerprint density at radius 2 is 1.80 bits per heavy atom. The number of aryl methyl sites for hydroxylation is 1. The van der Waals surface area contributed by atoms with Crippen LogP contribution in [0.1, 0.15) is 5.82 Å². The van der Waals surface area contributed by atoms with Crippen molar-refractivity contribution in [1.82, 2.24) is 9.97 Å². The first kappa shape index (κ1) is 10.1. The summed E-state index contributed by atoms with van der Waals surface area (Å²) < 4.78 is 0.749. The lowest BCUT2D eigenvalue weighted by Gasteiger charge is -2.06. The molecule has 0 aliphatic rings. The van der Waals surface area contributed by atoms with Crippen LogP contribution in [-0.2, 0) is 0 Å². The molecular weight excluding hydrogens is 254 g/mol. The van der Waals surface area contributed by atoms with E-state index in [2.05, 4.69) is 25.9 Å². The summed E-state index contributed by atoms with van der Waals surface area (Å²) >= 11 is 3.40. The minimum atomic E-state index is 0.473. The summed E-state index contributed by atoms with van der Waals surface area (Å²) in [6.45, 7) is 1.83. The first-order valence-electron chi connectivity index (χ1n) is 4.53. The number of nitrogen functional groups attached to an aromatic ring is 1. The Morgan fingerprint density at radius 1 is 1.13 bits per heavy atom. The SMILES string of the molecule is Cc1nc(N)c(Br)c(-c2ccccc2)n1. The van der Waals surface area contributed by atoms with Gasteiger partial charge in [-0.15, -0.1) is 0 Å². The van der Waals surface area contributed by atoms with E-state index in [1.54, 1.807) is 0 Å². The first-order chi connectivity index (χ1) is 7.18. The van der Waals surface area contributed by atoms with Crippen LogP contribution in [0.2, 0.25) is 0 Å². The molecule has 3 nitrogen and oxygen atoms in total. The molecule has 0 radical (unpaired) electrons. The van der Waals surface area contributed by atoms with E-state index in [0.29, 0.717) is 11.6 Å². The molecule has 0 fully saturated rings. The Morgan fingerprint density at radius 3 is 2.47 bits per heavy atom. The maximum absolute atomic E-state index is 5.76. The molecule has 15 heavy (non-hydrogen) atoms. The second-order valence-electron chi connectivity index (χ2n) is 3.18. The molecule has 1 heterocycles. The topological polar surface area (TPSA) is 51.8 Å². The number of rotatable bonds is 1. The Kier molecular flexibility index (Phi) is 2.68. The van der Waals surface area contributed by atoms with Gasteiger partial charge in [-0.2, -0.15) is 0 Å². The Bertz CT molecular complexity index is 483. The van der Waals surface area contributed by atoms with Gasteiger partial charge in [-0.25, -0.2) is 9.97 Å². The van der Waals surface area contributed by atoms with E-state index in [1.165, 1.54) is 0 Å². The fourth-order valence-corrected chi connectivity index (χ4v) is 1.77. The molecule has 0 unspecified atom stereocenters. The van der Waals surface area contributed by atoms with Crippen LogP contribution in [0.15, 0.2) is 34.8 Å². The summed E-state index contributed by atoms with van der Waals surface area (Å²) in [6.07, 6.45) is 0. The predicted molar refractivity (Wildman–Crippen MR) is 64.3 cm³/mol. The molecule has 0 atom stereocenters. The molecule has 1 aromatic carbocycles. The van der Waals surface area contributed by atoms with E-state index in [4.69, 9.17) is 5.73 Å². The summed E-state index contributed by atoms with van der Waals surface area (Å²) in [5.74, 6) is 1.15. The van der Waals surface area contributed by atoms with Crippen LogP contribution < -0.4 is 5.73 Å². The molecule has 2 aromatic rings. The number of nitrogens with two attached hydrogens (primary N) is 1. The van der Waals surface area contributed by atoms with Gasteiger partial charge in [0.05, 0.1) is 10.2 Å². The van der Waals surface area contributed by atoms with Crippen molar-refractivity contribution in [2.45, 2.75) is 6.92 Å². The van der Waals surface area contributed by atoms with Crippen LogP contribution in [0.5, 0.6) is 0 Å². The van der Waals surface area contributed by atoms with Crippen LogP contribution in [0.25, 0.3) is 11.3 Å². The van der Waals surface area contributed by atoms with Crippen molar-refractivity contribution >= 4 is 21.7 Å². The number of benzene rings is 1. The largest absolute Gasteiger partial charge is 0.383 e. The number of hydrogen-bond acceptors (Lipinski definition) is 3. The maximum Gasteiger partial charge on any atom is 0.142 e. The van der Waals surface area contributed by atoms with Crippen molar-refractivity contribution in [3.63, 3.8) is 0 Å². The zero-order valence-corrected chi connectivity index (χ0v) is 9.82. The van der Waals surface area contributed by atoms with Gasteiger partial charge in [0.2, 0.25) is 0 Å². The highest BCUT2D eigenvalue weighted by Crippen LogP contribution is 2.29. The van der Waals surface area contributed by atoms with Gasteiger partial charge in [0.25, 0.3) is 0 Å². The van der Waals surface area contributed by atoms with Gasteiger partial charge < -0.3 is 5.73 Å². The van der Waals surface area contributed by atoms with Gasteiger partial charge in [0.15, 0.2) is 0 Å². The fourth-order valence-electron chi connectivity index (χ4n) is 1.37. The zero-order valence-electron chi connectivity index (χ0n) is 8.24. The molecule has 0 saturated carbocycles. The minimum Gasteiger partial charge on any atom is -0.383 e. The molecule has 0 spiro atoms. The lowest BCUT2D eigenvalue weighted by Crippen LogP contribution is -1.99. The Balaban J connectivity index is 2.63. The molecule has 0 amide bonds. The summed E-state index contributed by atoms with van der Waals surface area (Å²) in [5, 5.41) is 0. The highest BCUT2D eigenvalue weighted by atomic mass is 79.9. The van der Waals surface area contributed by atoms with Crippen molar-refractivity contribution in [2.75, 3.05) is 5.73 Å². The standard InChI is InChI=1S/C11H10BrN3/c1-7-14-10(9(12)11(13)15-7)8-5-3-2-4-6-8/h2-6H,1H3,(H2,13,14,15). The van der Waals surface area contributed by atoms with Crippen LogP contribution in [0.4, 0.5) is 5.82 Å². The average Bonchev–Trinajstić information content (AvgIpc) is 2.24. The van der Waals surface area contributed by atoms with Crippen molar-refractivity contribution in [3.05, 3.63) is 40.6 Å². The molecule has 0 bridgehead atoms. The van der Waals surface area contributed by atoms with E-state index in [0.717, 1.165) is 15.7 Å². The van der Waals surface area contributed by atoms with Crippen molar-refractivity contribution in [1.29, 1.82) is 0 Å². The molecule has 2 N–H and O–H groups in total. The van der Waals surface area contributed by atoms with E-state index in [1.807, 2.05) is 37.3 Å². The lowest BCUT2D eigenvalue weighted by molar-refractivity contribution is 1.06. The summed E-state index contributed by atoms with van der Waals surface area (Å²) in [5.41, 5.74) is 7.62. The van der Waals surface area contributed by atoms with E-state index in [-0.39, 0.29) is 0 Å². The van der Waals surface area contributed by atoms with Crippen LogP contribution >= 0.6 is 15.9 Å².